The van der Waals surface area contributed by atoms with Crippen molar-refractivity contribution in [2.24, 2.45) is 4.99 Å². The van der Waals surface area contributed by atoms with E-state index < -0.39 is 21.0 Å². The van der Waals surface area contributed by atoms with Crippen LogP contribution in [0.4, 0.5) is 17.1 Å². The molecular formula is C22H27N3O3S. The van der Waals surface area contributed by atoms with Gasteiger partial charge in [0.05, 0.1) is 23.4 Å². The summed E-state index contributed by atoms with van der Waals surface area (Å²) in [5.41, 5.74) is 2.73. The van der Waals surface area contributed by atoms with Gasteiger partial charge >= 0.3 is 0 Å². The molecule has 2 aliphatic heterocycles. The highest BCUT2D eigenvalue weighted by molar-refractivity contribution is 7.90. The van der Waals surface area contributed by atoms with Crippen LogP contribution in [0, 0.1) is 0 Å². The van der Waals surface area contributed by atoms with E-state index in [1.54, 1.807) is 12.1 Å². The molecule has 1 unspecified atom stereocenters. The first kappa shape index (κ1) is 19.9. The normalized spacial score (nSPS) is 22.7. The van der Waals surface area contributed by atoms with Crippen LogP contribution in [0.2, 0.25) is 0 Å². The van der Waals surface area contributed by atoms with E-state index in [-0.39, 0.29) is 0 Å². The van der Waals surface area contributed by atoms with Gasteiger partial charge in [-0.1, -0.05) is 13.8 Å². The zero-order chi connectivity index (χ0) is 21.0. The van der Waals surface area contributed by atoms with Crippen molar-refractivity contribution >= 4 is 33.1 Å². The van der Waals surface area contributed by atoms with Crippen molar-refractivity contribution in [1.82, 2.24) is 0 Å². The summed E-state index contributed by atoms with van der Waals surface area (Å²) >= 11 is 0. The summed E-state index contributed by atoms with van der Waals surface area (Å²) in [7, 11) is 0.728. The number of hydrogen-bond acceptors (Lipinski definition) is 6. The molecule has 154 valence electrons. The number of rotatable bonds is 4. The Morgan fingerprint density at radius 1 is 1.14 bits per heavy atom. The number of sulfone groups is 1. The highest BCUT2D eigenvalue weighted by Crippen LogP contribution is 2.54. The van der Waals surface area contributed by atoms with Crippen LogP contribution in [0.3, 0.4) is 0 Å². The lowest BCUT2D eigenvalue weighted by atomic mass is 9.78. The monoisotopic (exact) mass is 413 g/mol. The van der Waals surface area contributed by atoms with Crippen molar-refractivity contribution in [3.63, 3.8) is 0 Å². The molecule has 0 radical (unpaired) electrons. The molecule has 0 aromatic heterocycles. The lowest BCUT2D eigenvalue weighted by Crippen LogP contribution is -2.54. The van der Waals surface area contributed by atoms with Crippen molar-refractivity contribution in [3.05, 3.63) is 48.0 Å². The number of nitrogens with zero attached hydrogens (tertiary/aromatic N) is 3. The minimum atomic E-state index is -3.28. The smallest absolute Gasteiger partial charge is 0.187 e. The zero-order valence-corrected chi connectivity index (χ0v) is 18.3. The van der Waals surface area contributed by atoms with Gasteiger partial charge in [0.25, 0.3) is 0 Å². The van der Waals surface area contributed by atoms with Crippen LogP contribution >= 0.6 is 0 Å². The standard InChI is InChI=1S/C22H27N3O3S/c1-21(2)19-14-18(29(5,26)27)10-11-20(19)25-12-13-28-22(21,25)15-23-16-6-8-17(9-7-16)24(3)4/h6-11,14-15H,12-13H2,1-5H3. The molecule has 1 saturated heterocycles. The average molecular weight is 414 g/mol. The maximum absolute atomic E-state index is 12.1. The van der Waals surface area contributed by atoms with Gasteiger partial charge in [-0.15, -0.1) is 0 Å². The van der Waals surface area contributed by atoms with Crippen molar-refractivity contribution < 1.29 is 13.2 Å². The second-order valence-corrected chi connectivity index (χ2v) is 10.5. The molecule has 0 saturated carbocycles. The molecule has 0 amide bonds. The SMILES string of the molecule is CN(C)c1ccc(N=CC23OCCN2c2ccc(S(C)(=O)=O)cc2C3(C)C)cc1. The van der Waals surface area contributed by atoms with E-state index in [2.05, 4.69) is 18.7 Å². The fourth-order valence-electron chi connectivity index (χ4n) is 4.30. The minimum Gasteiger partial charge on any atom is -0.378 e. The Balaban J connectivity index is 1.76. The summed E-state index contributed by atoms with van der Waals surface area (Å²) in [6.07, 6.45) is 3.12. The Labute approximate surface area is 172 Å². The zero-order valence-electron chi connectivity index (χ0n) is 17.5. The molecule has 4 rings (SSSR count). The summed E-state index contributed by atoms with van der Waals surface area (Å²) in [6, 6.07) is 13.4. The van der Waals surface area contributed by atoms with Gasteiger partial charge < -0.3 is 14.5 Å². The fraction of sp³-hybridized carbons (Fsp3) is 0.409. The summed E-state index contributed by atoms with van der Waals surface area (Å²) in [5.74, 6) is 0. The van der Waals surface area contributed by atoms with Crippen LogP contribution in [0.1, 0.15) is 19.4 Å². The molecule has 1 atom stereocenters. The molecule has 0 aliphatic carbocycles. The van der Waals surface area contributed by atoms with E-state index in [4.69, 9.17) is 9.73 Å². The van der Waals surface area contributed by atoms with Gasteiger partial charge in [-0.2, -0.15) is 0 Å². The molecule has 0 N–H and O–H groups in total. The second kappa shape index (κ2) is 6.57. The third-order valence-electron chi connectivity index (χ3n) is 6.05. The topological polar surface area (TPSA) is 62.2 Å². The Morgan fingerprint density at radius 3 is 2.45 bits per heavy atom. The fourth-order valence-corrected chi connectivity index (χ4v) is 4.94. The van der Waals surface area contributed by atoms with Crippen molar-refractivity contribution in [1.29, 1.82) is 0 Å². The molecule has 0 bridgehead atoms. The lowest BCUT2D eigenvalue weighted by molar-refractivity contribution is 0.0206. The molecule has 6 nitrogen and oxygen atoms in total. The predicted molar refractivity (Wildman–Crippen MR) is 118 cm³/mol. The van der Waals surface area contributed by atoms with Gasteiger partial charge in [0.2, 0.25) is 0 Å². The average Bonchev–Trinajstić information content (AvgIpc) is 3.17. The van der Waals surface area contributed by atoms with Crippen LogP contribution in [-0.2, 0) is 20.0 Å². The summed E-state index contributed by atoms with van der Waals surface area (Å²) < 4.78 is 30.5. The van der Waals surface area contributed by atoms with E-state index in [1.807, 2.05) is 55.5 Å². The van der Waals surface area contributed by atoms with Gasteiger partial charge in [-0.05, 0) is 48.0 Å². The maximum atomic E-state index is 12.1. The van der Waals surface area contributed by atoms with E-state index in [0.717, 1.165) is 29.2 Å². The first-order chi connectivity index (χ1) is 13.6. The Bertz CT molecular complexity index is 1070. The van der Waals surface area contributed by atoms with E-state index >= 15 is 0 Å². The Hall–Kier alpha value is -2.38. The van der Waals surface area contributed by atoms with E-state index in [1.165, 1.54) is 6.26 Å². The third kappa shape index (κ3) is 3.04. The molecule has 2 aromatic rings. The van der Waals surface area contributed by atoms with Gasteiger partial charge in [-0.25, -0.2) is 8.42 Å². The molecular weight excluding hydrogens is 386 g/mol. The quantitative estimate of drug-likeness (QED) is 0.719. The molecule has 0 spiro atoms. The predicted octanol–water partition coefficient (Wildman–Crippen LogP) is 3.38. The van der Waals surface area contributed by atoms with Crippen LogP contribution in [0.25, 0.3) is 0 Å². The molecule has 29 heavy (non-hydrogen) atoms. The number of benzene rings is 2. The number of hydrogen-bond donors (Lipinski definition) is 0. The first-order valence-electron chi connectivity index (χ1n) is 9.65. The van der Waals surface area contributed by atoms with Crippen molar-refractivity contribution in [3.8, 4) is 0 Å². The van der Waals surface area contributed by atoms with Gasteiger partial charge in [0.15, 0.2) is 15.6 Å². The molecule has 7 heteroatoms. The lowest BCUT2D eigenvalue weighted by Gasteiger charge is -2.38. The van der Waals surface area contributed by atoms with Crippen molar-refractivity contribution in [2.75, 3.05) is 43.3 Å². The van der Waals surface area contributed by atoms with Gasteiger partial charge in [-0.3, -0.25) is 4.99 Å². The van der Waals surface area contributed by atoms with E-state index in [9.17, 15) is 8.42 Å². The van der Waals surface area contributed by atoms with Crippen LogP contribution in [-0.4, -0.2) is 53.9 Å². The highest BCUT2D eigenvalue weighted by Gasteiger charge is 2.60. The number of fused-ring (bicyclic) bond motifs is 3. The second-order valence-electron chi connectivity index (χ2n) is 8.44. The van der Waals surface area contributed by atoms with Gasteiger partial charge in [0, 0.05) is 43.7 Å². The largest absolute Gasteiger partial charge is 0.378 e. The summed E-state index contributed by atoms with van der Waals surface area (Å²) in [6.45, 7) is 5.51. The highest BCUT2D eigenvalue weighted by atomic mass is 32.2. The van der Waals surface area contributed by atoms with E-state index in [0.29, 0.717) is 11.5 Å². The number of aliphatic imine (C=N–C) groups is 1. The maximum Gasteiger partial charge on any atom is 0.187 e. The number of anilines is 2. The van der Waals surface area contributed by atoms with Gasteiger partial charge in [0.1, 0.15) is 0 Å². The number of ether oxygens (including phenoxy) is 1. The summed E-state index contributed by atoms with van der Waals surface area (Å²) in [5, 5.41) is 0. The van der Waals surface area contributed by atoms with Crippen molar-refractivity contribution in [2.45, 2.75) is 29.9 Å². The molecule has 2 heterocycles. The Morgan fingerprint density at radius 2 is 1.83 bits per heavy atom. The van der Waals surface area contributed by atoms with Crippen LogP contribution < -0.4 is 9.80 Å². The molecule has 1 fully saturated rings. The Kier molecular flexibility index (Phi) is 4.51. The van der Waals surface area contributed by atoms with Crippen LogP contribution in [0.15, 0.2) is 52.4 Å². The summed E-state index contributed by atoms with van der Waals surface area (Å²) in [4.78, 5) is 9.32. The molecule has 2 aromatic carbocycles. The molecule has 2 aliphatic rings. The van der Waals surface area contributed by atoms with Crippen LogP contribution in [0.5, 0.6) is 0 Å². The third-order valence-corrected chi connectivity index (χ3v) is 7.16. The first-order valence-corrected chi connectivity index (χ1v) is 11.5. The minimum absolute atomic E-state index is 0.330.